The Bertz CT molecular complexity index is 300. The van der Waals surface area contributed by atoms with E-state index in [9.17, 15) is 0 Å². The summed E-state index contributed by atoms with van der Waals surface area (Å²) in [5.41, 5.74) is 7.29. The minimum absolute atomic E-state index is 0.202. The highest BCUT2D eigenvalue weighted by atomic mass is 79.9. The van der Waals surface area contributed by atoms with Crippen LogP contribution in [0.1, 0.15) is 5.56 Å². The van der Waals surface area contributed by atoms with Crippen molar-refractivity contribution in [1.29, 1.82) is 0 Å². The molecule has 0 aromatic heterocycles. The fraction of sp³-hybridized carbons (Fsp3) is 0.455. The summed E-state index contributed by atoms with van der Waals surface area (Å²) in [5, 5.41) is 0. The maximum absolute atomic E-state index is 5.76. The number of ether oxygens (including phenoxy) is 1. The molecule has 1 aromatic carbocycles. The van der Waals surface area contributed by atoms with Crippen LogP contribution in [0.3, 0.4) is 0 Å². The molecule has 1 fully saturated rings. The fourth-order valence-corrected chi connectivity index (χ4v) is 1.98. The summed E-state index contributed by atoms with van der Waals surface area (Å²) >= 11 is 3.42. The molecule has 0 aliphatic carbocycles. The molecule has 3 heteroatoms. The lowest BCUT2D eigenvalue weighted by Gasteiger charge is -2.40. The third-order valence-corrected chi connectivity index (χ3v) is 3.27. The zero-order chi connectivity index (χ0) is 10.0. The van der Waals surface area contributed by atoms with E-state index in [1.54, 1.807) is 0 Å². The Morgan fingerprint density at radius 2 is 1.93 bits per heavy atom. The van der Waals surface area contributed by atoms with E-state index in [0.29, 0.717) is 6.54 Å². The maximum atomic E-state index is 5.76. The fourth-order valence-electron chi connectivity index (χ4n) is 1.72. The summed E-state index contributed by atoms with van der Waals surface area (Å²) in [6.45, 7) is 2.32. The van der Waals surface area contributed by atoms with Crippen LogP contribution in [0.2, 0.25) is 0 Å². The molecule has 1 saturated heterocycles. The molecular formula is C11H14BrNO. The zero-order valence-electron chi connectivity index (χ0n) is 8.00. The largest absolute Gasteiger partial charge is 0.380 e. The highest BCUT2D eigenvalue weighted by Gasteiger charge is 2.37. The zero-order valence-corrected chi connectivity index (χ0v) is 9.59. The van der Waals surface area contributed by atoms with Gasteiger partial charge in [0.05, 0.1) is 13.2 Å². The molecule has 1 heterocycles. The van der Waals surface area contributed by atoms with Crippen molar-refractivity contribution in [3.8, 4) is 0 Å². The molecule has 1 aliphatic heterocycles. The molecule has 0 spiro atoms. The van der Waals surface area contributed by atoms with Crippen molar-refractivity contribution in [3.05, 3.63) is 34.3 Å². The van der Waals surface area contributed by atoms with Gasteiger partial charge in [0, 0.05) is 16.4 Å². The van der Waals surface area contributed by atoms with Crippen LogP contribution in [0, 0.1) is 5.41 Å². The third kappa shape index (κ3) is 2.00. The SMILES string of the molecule is NCC1(Cc2ccc(Br)cc2)COC1. The van der Waals surface area contributed by atoms with Crippen LogP contribution in [0.4, 0.5) is 0 Å². The van der Waals surface area contributed by atoms with Crippen molar-refractivity contribution >= 4 is 15.9 Å². The molecule has 76 valence electrons. The van der Waals surface area contributed by atoms with Gasteiger partial charge in [-0.3, -0.25) is 0 Å². The van der Waals surface area contributed by atoms with Gasteiger partial charge < -0.3 is 10.5 Å². The van der Waals surface area contributed by atoms with Crippen LogP contribution < -0.4 is 5.73 Å². The Morgan fingerprint density at radius 1 is 1.29 bits per heavy atom. The maximum Gasteiger partial charge on any atom is 0.0560 e. The van der Waals surface area contributed by atoms with Crippen molar-refractivity contribution in [3.63, 3.8) is 0 Å². The van der Waals surface area contributed by atoms with Gasteiger partial charge in [0.2, 0.25) is 0 Å². The van der Waals surface area contributed by atoms with Gasteiger partial charge in [-0.05, 0) is 24.1 Å². The van der Waals surface area contributed by atoms with Crippen molar-refractivity contribution < 1.29 is 4.74 Å². The molecule has 2 N–H and O–H groups in total. The highest BCUT2D eigenvalue weighted by molar-refractivity contribution is 9.10. The van der Waals surface area contributed by atoms with Crippen LogP contribution in [-0.2, 0) is 11.2 Å². The average Bonchev–Trinajstić information content (AvgIpc) is 2.15. The van der Waals surface area contributed by atoms with Crippen LogP contribution in [0.5, 0.6) is 0 Å². The molecule has 0 bridgehead atoms. The lowest BCUT2D eigenvalue weighted by atomic mass is 9.80. The monoisotopic (exact) mass is 255 g/mol. The van der Waals surface area contributed by atoms with Crippen molar-refractivity contribution in [1.82, 2.24) is 0 Å². The van der Waals surface area contributed by atoms with Gasteiger partial charge in [-0.25, -0.2) is 0 Å². The Balaban J connectivity index is 2.06. The first-order valence-electron chi connectivity index (χ1n) is 4.76. The van der Waals surface area contributed by atoms with Crippen molar-refractivity contribution in [2.45, 2.75) is 6.42 Å². The molecular weight excluding hydrogens is 242 g/mol. The van der Waals surface area contributed by atoms with E-state index in [0.717, 1.165) is 24.1 Å². The normalized spacial score (nSPS) is 19.0. The number of halogens is 1. The first kappa shape index (κ1) is 10.1. The van der Waals surface area contributed by atoms with Crippen LogP contribution in [0.25, 0.3) is 0 Å². The van der Waals surface area contributed by atoms with Gasteiger partial charge in [-0.2, -0.15) is 0 Å². The molecule has 0 atom stereocenters. The molecule has 0 radical (unpaired) electrons. The van der Waals surface area contributed by atoms with E-state index in [-0.39, 0.29) is 5.41 Å². The van der Waals surface area contributed by atoms with Crippen LogP contribution >= 0.6 is 15.9 Å². The van der Waals surface area contributed by atoms with E-state index in [1.165, 1.54) is 5.56 Å². The van der Waals surface area contributed by atoms with E-state index in [2.05, 4.69) is 40.2 Å². The predicted octanol–water partition coefficient (Wildman–Crippen LogP) is 1.97. The summed E-state index contributed by atoms with van der Waals surface area (Å²) in [7, 11) is 0. The minimum Gasteiger partial charge on any atom is -0.380 e. The lowest BCUT2D eigenvalue weighted by Crippen LogP contribution is -2.49. The van der Waals surface area contributed by atoms with Gasteiger partial charge in [0.25, 0.3) is 0 Å². The van der Waals surface area contributed by atoms with Gasteiger partial charge >= 0.3 is 0 Å². The molecule has 0 saturated carbocycles. The van der Waals surface area contributed by atoms with E-state index < -0.39 is 0 Å². The second kappa shape index (κ2) is 4.01. The van der Waals surface area contributed by atoms with Crippen LogP contribution in [0.15, 0.2) is 28.7 Å². The molecule has 0 amide bonds. The molecule has 0 unspecified atom stereocenters. The standard InChI is InChI=1S/C11H14BrNO/c12-10-3-1-9(2-4-10)5-11(6-13)7-14-8-11/h1-4H,5-8,13H2. The Morgan fingerprint density at radius 3 is 2.36 bits per heavy atom. The summed E-state index contributed by atoms with van der Waals surface area (Å²) in [6, 6.07) is 8.41. The second-order valence-corrected chi connectivity index (χ2v) is 4.92. The number of nitrogens with two attached hydrogens (primary N) is 1. The highest BCUT2D eigenvalue weighted by Crippen LogP contribution is 2.30. The summed E-state index contributed by atoms with van der Waals surface area (Å²) < 4.78 is 6.35. The topological polar surface area (TPSA) is 35.2 Å². The Kier molecular flexibility index (Phi) is 2.91. The van der Waals surface area contributed by atoms with Crippen LogP contribution in [-0.4, -0.2) is 19.8 Å². The predicted molar refractivity (Wildman–Crippen MR) is 60.2 cm³/mol. The van der Waals surface area contributed by atoms with Gasteiger partial charge in [-0.15, -0.1) is 0 Å². The smallest absolute Gasteiger partial charge is 0.0560 e. The number of benzene rings is 1. The molecule has 2 nitrogen and oxygen atoms in total. The number of hydrogen-bond acceptors (Lipinski definition) is 2. The second-order valence-electron chi connectivity index (χ2n) is 4.00. The first-order valence-corrected chi connectivity index (χ1v) is 5.56. The van der Waals surface area contributed by atoms with E-state index >= 15 is 0 Å². The van der Waals surface area contributed by atoms with Crippen molar-refractivity contribution in [2.75, 3.05) is 19.8 Å². The minimum atomic E-state index is 0.202. The van der Waals surface area contributed by atoms with Gasteiger partial charge in [0.1, 0.15) is 0 Å². The van der Waals surface area contributed by atoms with E-state index in [1.807, 2.05) is 0 Å². The van der Waals surface area contributed by atoms with E-state index in [4.69, 9.17) is 10.5 Å². The van der Waals surface area contributed by atoms with Crippen molar-refractivity contribution in [2.24, 2.45) is 11.1 Å². The summed E-state index contributed by atoms with van der Waals surface area (Å²) in [4.78, 5) is 0. The molecule has 2 rings (SSSR count). The Hall–Kier alpha value is -0.380. The quantitative estimate of drug-likeness (QED) is 0.897. The lowest BCUT2D eigenvalue weighted by molar-refractivity contribution is -0.106. The summed E-state index contributed by atoms with van der Waals surface area (Å²) in [5.74, 6) is 0. The number of hydrogen-bond donors (Lipinski definition) is 1. The van der Waals surface area contributed by atoms with Gasteiger partial charge in [0.15, 0.2) is 0 Å². The first-order chi connectivity index (χ1) is 6.74. The number of rotatable bonds is 3. The molecule has 1 aliphatic rings. The summed E-state index contributed by atoms with van der Waals surface area (Å²) in [6.07, 6.45) is 1.02. The molecule has 1 aromatic rings. The Labute approximate surface area is 92.6 Å². The molecule has 14 heavy (non-hydrogen) atoms. The third-order valence-electron chi connectivity index (χ3n) is 2.74. The van der Waals surface area contributed by atoms with Gasteiger partial charge in [-0.1, -0.05) is 28.1 Å². The average molecular weight is 256 g/mol.